The van der Waals surface area contributed by atoms with E-state index in [1.807, 2.05) is 6.92 Å². The van der Waals surface area contributed by atoms with Crippen molar-refractivity contribution in [3.8, 4) is 0 Å². The molecule has 21 heavy (non-hydrogen) atoms. The molecule has 0 saturated carbocycles. The third-order valence-electron chi connectivity index (χ3n) is 3.18. The zero-order valence-corrected chi connectivity index (χ0v) is 13.4. The zero-order valence-electron chi connectivity index (χ0n) is 13.4. The van der Waals surface area contributed by atoms with Crippen LogP contribution in [0.3, 0.4) is 0 Å². The number of benzene rings is 1. The minimum Gasteiger partial charge on any atom is -0.378 e. The van der Waals surface area contributed by atoms with Crippen molar-refractivity contribution in [2.24, 2.45) is 5.41 Å². The lowest BCUT2D eigenvalue weighted by atomic mass is 9.93. The monoisotopic (exact) mass is 295 g/mol. The van der Waals surface area contributed by atoms with E-state index < -0.39 is 5.82 Å². The minimum atomic E-state index is -0.401. The summed E-state index contributed by atoms with van der Waals surface area (Å²) in [6, 6.07) is 5.69. The first-order valence-electron chi connectivity index (χ1n) is 7.43. The Morgan fingerprint density at radius 3 is 2.71 bits per heavy atom. The summed E-state index contributed by atoms with van der Waals surface area (Å²) < 4.78 is 18.7. The SMILES string of the molecule is CC(CCNC(=O)c1cccc(F)c1)OCCC(C)(C)C. The van der Waals surface area contributed by atoms with Gasteiger partial charge in [-0.3, -0.25) is 4.79 Å². The molecule has 1 amide bonds. The molecule has 0 fully saturated rings. The van der Waals surface area contributed by atoms with Crippen LogP contribution in [0, 0.1) is 11.2 Å². The summed E-state index contributed by atoms with van der Waals surface area (Å²) in [7, 11) is 0. The molecule has 0 aliphatic carbocycles. The van der Waals surface area contributed by atoms with Gasteiger partial charge < -0.3 is 10.1 Å². The van der Waals surface area contributed by atoms with E-state index in [9.17, 15) is 9.18 Å². The summed E-state index contributed by atoms with van der Waals surface area (Å²) in [5.74, 6) is -0.655. The fraction of sp³-hybridized carbons (Fsp3) is 0.588. The van der Waals surface area contributed by atoms with Crippen molar-refractivity contribution in [2.45, 2.75) is 46.6 Å². The molecule has 0 aromatic heterocycles. The zero-order chi connectivity index (χ0) is 15.9. The Labute approximate surface area is 126 Å². The summed E-state index contributed by atoms with van der Waals surface area (Å²) in [5.41, 5.74) is 0.613. The molecule has 118 valence electrons. The Kier molecular flexibility index (Phi) is 6.82. The molecule has 1 rings (SSSR count). The van der Waals surface area contributed by atoms with Crippen molar-refractivity contribution in [1.29, 1.82) is 0 Å². The number of amides is 1. The Bertz CT molecular complexity index is 454. The normalized spacial score (nSPS) is 13.0. The van der Waals surface area contributed by atoms with E-state index in [-0.39, 0.29) is 17.4 Å². The molecule has 1 aromatic carbocycles. The minimum absolute atomic E-state index is 0.0974. The van der Waals surface area contributed by atoms with Crippen LogP contribution in [0.4, 0.5) is 4.39 Å². The second-order valence-corrected chi connectivity index (χ2v) is 6.55. The average molecular weight is 295 g/mol. The summed E-state index contributed by atoms with van der Waals surface area (Å²) in [6.07, 6.45) is 1.85. The maximum atomic E-state index is 13.0. The summed E-state index contributed by atoms with van der Waals surface area (Å²) in [4.78, 5) is 11.8. The molecule has 0 bridgehead atoms. The van der Waals surface area contributed by atoms with Crippen LogP contribution in [0.15, 0.2) is 24.3 Å². The highest BCUT2D eigenvalue weighted by Crippen LogP contribution is 2.18. The third-order valence-corrected chi connectivity index (χ3v) is 3.18. The first kappa shape index (κ1) is 17.6. The molecule has 3 nitrogen and oxygen atoms in total. The van der Waals surface area contributed by atoms with Crippen molar-refractivity contribution >= 4 is 5.91 Å². The number of ether oxygens (including phenoxy) is 1. The van der Waals surface area contributed by atoms with Crippen LogP contribution in [0.5, 0.6) is 0 Å². The van der Waals surface area contributed by atoms with Gasteiger partial charge in [0.1, 0.15) is 5.82 Å². The van der Waals surface area contributed by atoms with Gasteiger partial charge >= 0.3 is 0 Å². The maximum Gasteiger partial charge on any atom is 0.251 e. The van der Waals surface area contributed by atoms with Crippen molar-refractivity contribution < 1.29 is 13.9 Å². The van der Waals surface area contributed by atoms with Crippen LogP contribution in [0.2, 0.25) is 0 Å². The van der Waals surface area contributed by atoms with E-state index in [1.54, 1.807) is 6.07 Å². The van der Waals surface area contributed by atoms with E-state index in [0.29, 0.717) is 12.1 Å². The fourth-order valence-electron chi connectivity index (χ4n) is 1.77. The van der Waals surface area contributed by atoms with Crippen LogP contribution in [0.1, 0.15) is 50.9 Å². The van der Waals surface area contributed by atoms with Crippen molar-refractivity contribution in [1.82, 2.24) is 5.32 Å². The largest absolute Gasteiger partial charge is 0.378 e. The van der Waals surface area contributed by atoms with E-state index in [0.717, 1.165) is 19.4 Å². The lowest BCUT2D eigenvalue weighted by Crippen LogP contribution is -2.27. The van der Waals surface area contributed by atoms with Gasteiger partial charge in [-0.15, -0.1) is 0 Å². The van der Waals surface area contributed by atoms with Gasteiger partial charge in [-0.05, 0) is 43.4 Å². The van der Waals surface area contributed by atoms with Gasteiger partial charge in [0.15, 0.2) is 0 Å². The number of halogens is 1. The molecular formula is C17H26FNO2. The first-order valence-corrected chi connectivity index (χ1v) is 7.43. The van der Waals surface area contributed by atoms with E-state index >= 15 is 0 Å². The Morgan fingerprint density at radius 2 is 2.10 bits per heavy atom. The number of hydrogen-bond acceptors (Lipinski definition) is 2. The second kappa shape index (κ2) is 8.13. The Balaban J connectivity index is 2.22. The molecule has 4 heteroatoms. The molecule has 1 N–H and O–H groups in total. The molecule has 0 radical (unpaired) electrons. The van der Waals surface area contributed by atoms with Gasteiger partial charge in [-0.1, -0.05) is 26.8 Å². The number of nitrogens with one attached hydrogen (secondary N) is 1. The first-order chi connectivity index (χ1) is 9.78. The van der Waals surface area contributed by atoms with Gasteiger partial charge in [0.05, 0.1) is 6.10 Å². The molecule has 0 aliphatic heterocycles. The Morgan fingerprint density at radius 1 is 1.38 bits per heavy atom. The van der Waals surface area contributed by atoms with E-state index in [1.165, 1.54) is 18.2 Å². The van der Waals surface area contributed by atoms with Gasteiger partial charge in [0, 0.05) is 18.7 Å². The van der Waals surface area contributed by atoms with Crippen LogP contribution < -0.4 is 5.32 Å². The molecule has 0 saturated heterocycles. The standard InChI is InChI=1S/C17H26FNO2/c1-13(21-11-9-17(2,3)4)8-10-19-16(20)14-6-5-7-15(18)12-14/h5-7,12-13H,8-11H2,1-4H3,(H,19,20). The quantitative estimate of drug-likeness (QED) is 0.831. The van der Waals surface area contributed by atoms with Crippen LogP contribution >= 0.6 is 0 Å². The molecule has 1 atom stereocenters. The van der Waals surface area contributed by atoms with Gasteiger partial charge in [0.25, 0.3) is 5.91 Å². The fourth-order valence-corrected chi connectivity index (χ4v) is 1.77. The Hall–Kier alpha value is -1.42. The van der Waals surface area contributed by atoms with Gasteiger partial charge in [-0.25, -0.2) is 4.39 Å². The van der Waals surface area contributed by atoms with Crippen LogP contribution in [-0.4, -0.2) is 25.2 Å². The lowest BCUT2D eigenvalue weighted by Gasteiger charge is -2.20. The average Bonchev–Trinajstić information content (AvgIpc) is 2.37. The number of carbonyl (C=O) groups is 1. The lowest BCUT2D eigenvalue weighted by molar-refractivity contribution is 0.0441. The van der Waals surface area contributed by atoms with E-state index in [2.05, 4.69) is 26.1 Å². The van der Waals surface area contributed by atoms with Crippen LogP contribution in [0.25, 0.3) is 0 Å². The molecule has 0 spiro atoms. The number of carbonyl (C=O) groups excluding carboxylic acids is 1. The van der Waals surface area contributed by atoms with Crippen molar-refractivity contribution in [2.75, 3.05) is 13.2 Å². The summed E-state index contributed by atoms with van der Waals surface area (Å²) in [6.45, 7) is 9.78. The molecule has 0 heterocycles. The molecular weight excluding hydrogens is 269 g/mol. The predicted molar refractivity (Wildman–Crippen MR) is 82.8 cm³/mol. The van der Waals surface area contributed by atoms with Gasteiger partial charge in [-0.2, -0.15) is 0 Å². The smallest absolute Gasteiger partial charge is 0.251 e. The molecule has 1 aromatic rings. The second-order valence-electron chi connectivity index (χ2n) is 6.55. The summed E-state index contributed by atoms with van der Waals surface area (Å²) in [5, 5.41) is 2.78. The molecule has 1 unspecified atom stereocenters. The predicted octanol–water partition coefficient (Wildman–Crippen LogP) is 3.79. The third kappa shape index (κ3) is 7.81. The van der Waals surface area contributed by atoms with Crippen molar-refractivity contribution in [3.05, 3.63) is 35.6 Å². The van der Waals surface area contributed by atoms with E-state index in [4.69, 9.17) is 4.74 Å². The van der Waals surface area contributed by atoms with Gasteiger partial charge in [0.2, 0.25) is 0 Å². The van der Waals surface area contributed by atoms with Crippen molar-refractivity contribution in [3.63, 3.8) is 0 Å². The topological polar surface area (TPSA) is 38.3 Å². The van der Waals surface area contributed by atoms with Crippen LogP contribution in [-0.2, 0) is 4.74 Å². The maximum absolute atomic E-state index is 13.0. The highest BCUT2D eigenvalue weighted by Gasteiger charge is 2.11. The highest BCUT2D eigenvalue weighted by atomic mass is 19.1. The number of hydrogen-bond donors (Lipinski definition) is 1. The number of rotatable bonds is 7. The molecule has 0 aliphatic rings. The summed E-state index contributed by atoms with van der Waals surface area (Å²) >= 11 is 0. The highest BCUT2D eigenvalue weighted by molar-refractivity contribution is 5.94.